The zero-order valence-corrected chi connectivity index (χ0v) is 21.4. The van der Waals surface area contributed by atoms with Crippen molar-refractivity contribution in [2.45, 2.75) is 65.0 Å². The van der Waals surface area contributed by atoms with Crippen molar-refractivity contribution in [1.29, 1.82) is 0 Å². The van der Waals surface area contributed by atoms with Crippen molar-refractivity contribution in [3.8, 4) is 5.75 Å². The minimum absolute atomic E-state index is 0.193. The molecule has 37 heavy (non-hydrogen) atoms. The standard InChI is InChI=1S/C29H30N2O6/c1-16-12-23-25(19-9-7-10-20(19)26(32)35-23)24(13-16)36-27(33)22(31-28(34)37-29(2,3)4)14-17-15-30-21-11-6-5-8-18(17)21/h5-6,8,11-13,15,22,30H,7,9-10,14H2,1-4H3,(H,31,34)/t22-/m0/s1. The van der Waals surface area contributed by atoms with Gasteiger partial charge in [-0.1, -0.05) is 18.2 Å². The molecule has 1 atom stereocenters. The van der Waals surface area contributed by atoms with Crippen molar-refractivity contribution in [3.63, 3.8) is 0 Å². The van der Waals surface area contributed by atoms with E-state index in [4.69, 9.17) is 13.9 Å². The number of H-pyrrole nitrogens is 1. The van der Waals surface area contributed by atoms with E-state index < -0.39 is 23.7 Å². The number of carbonyl (C=O) groups is 2. The summed E-state index contributed by atoms with van der Waals surface area (Å²) in [6, 6.07) is 10.3. The molecule has 2 aromatic carbocycles. The number of amides is 1. The second kappa shape index (κ2) is 9.42. The first-order valence-corrected chi connectivity index (χ1v) is 12.4. The number of aromatic amines is 1. The monoisotopic (exact) mass is 502 g/mol. The van der Waals surface area contributed by atoms with E-state index in [9.17, 15) is 14.4 Å². The van der Waals surface area contributed by atoms with E-state index in [1.807, 2.05) is 37.4 Å². The van der Waals surface area contributed by atoms with Gasteiger partial charge in [0.15, 0.2) is 0 Å². The lowest BCUT2D eigenvalue weighted by Crippen LogP contribution is -2.46. The smallest absolute Gasteiger partial charge is 0.408 e. The van der Waals surface area contributed by atoms with Gasteiger partial charge in [0, 0.05) is 29.1 Å². The van der Waals surface area contributed by atoms with E-state index in [0.29, 0.717) is 35.1 Å². The van der Waals surface area contributed by atoms with Gasteiger partial charge in [-0.3, -0.25) is 0 Å². The number of hydrogen-bond acceptors (Lipinski definition) is 6. The van der Waals surface area contributed by atoms with E-state index in [1.165, 1.54) is 0 Å². The molecule has 0 saturated heterocycles. The number of ether oxygens (including phenoxy) is 2. The van der Waals surface area contributed by atoms with Crippen molar-refractivity contribution < 1.29 is 23.5 Å². The molecule has 0 aliphatic heterocycles. The molecule has 4 aromatic rings. The van der Waals surface area contributed by atoms with Gasteiger partial charge in [-0.05, 0) is 81.8 Å². The topological polar surface area (TPSA) is 111 Å². The van der Waals surface area contributed by atoms with Crippen LogP contribution in [0.3, 0.4) is 0 Å². The molecule has 0 bridgehead atoms. The second-order valence-corrected chi connectivity index (χ2v) is 10.5. The van der Waals surface area contributed by atoms with Crippen LogP contribution in [0.2, 0.25) is 0 Å². The number of aryl methyl sites for hydroxylation is 2. The molecule has 2 N–H and O–H groups in total. The van der Waals surface area contributed by atoms with Crippen LogP contribution in [0.15, 0.2) is 51.8 Å². The number of nitrogens with one attached hydrogen (secondary N) is 2. The van der Waals surface area contributed by atoms with Crippen molar-refractivity contribution in [2.24, 2.45) is 0 Å². The lowest BCUT2D eigenvalue weighted by molar-refractivity contribution is -0.136. The molecular weight excluding hydrogens is 472 g/mol. The van der Waals surface area contributed by atoms with E-state index in [2.05, 4.69) is 10.3 Å². The highest BCUT2D eigenvalue weighted by Gasteiger charge is 2.29. The number of fused-ring (bicyclic) bond motifs is 4. The summed E-state index contributed by atoms with van der Waals surface area (Å²) in [5.74, 6) is -0.321. The third-order valence-electron chi connectivity index (χ3n) is 6.46. The molecule has 2 aromatic heterocycles. The molecule has 1 aliphatic rings. The van der Waals surface area contributed by atoms with Gasteiger partial charge < -0.3 is 24.2 Å². The quantitative estimate of drug-likeness (QED) is 0.223. The number of aromatic nitrogens is 1. The van der Waals surface area contributed by atoms with Gasteiger partial charge in [-0.15, -0.1) is 0 Å². The molecule has 0 saturated carbocycles. The molecule has 8 nitrogen and oxygen atoms in total. The highest BCUT2D eigenvalue weighted by atomic mass is 16.6. The largest absolute Gasteiger partial charge is 0.444 e. The first-order valence-electron chi connectivity index (χ1n) is 12.4. The van der Waals surface area contributed by atoms with E-state index in [1.54, 1.807) is 32.9 Å². The number of alkyl carbamates (subject to hydrolysis) is 1. The zero-order chi connectivity index (χ0) is 26.3. The van der Waals surface area contributed by atoms with Gasteiger partial charge in [0.2, 0.25) is 0 Å². The zero-order valence-electron chi connectivity index (χ0n) is 21.4. The SMILES string of the molecule is Cc1cc(OC(=O)[C@H](Cc2c[nH]c3ccccc23)NC(=O)OC(C)(C)C)c2c3c(c(=O)oc2c1)CCC3. The summed E-state index contributed by atoms with van der Waals surface area (Å²) in [6.45, 7) is 7.11. The van der Waals surface area contributed by atoms with Gasteiger partial charge in [-0.2, -0.15) is 0 Å². The molecule has 8 heteroatoms. The molecule has 192 valence electrons. The van der Waals surface area contributed by atoms with Gasteiger partial charge in [0.25, 0.3) is 0 Å². The Morgan fingerprint density at radius 1 is 1.14 bits per heavy atom. The number of para-hydroxylation sites is 1. The maximum atomic E-state index is 13.6. The number of benzene rings is 2. The maximum Gasteiger partial charge on any atom is 0.408 e. The predicted molar refractivity (Wildman–Crippen MR) is 140 cm³/mol. The molecule has 0 radical (unpaired) electrons. The Morgan fingerprint density at radius 3 is 2.68 bits per heavy atom. The van der Waals surface area contributed by atoms with Crippen molar-refractivity contribution in [1.82, 2.24) is 10.3 Å². The molecule has 1 amide bonds. The minimum Gasteiger partial charge on any atom is -0.444 e. The Hall–Kier alpha value is -4.07. The van der Waals surface area contributed by atoms with Crippen LogP contribution < -0.4 is 15.7 Å². The van der Waals surface area contributed by atoms with Crippen LogP contribution in [0.1, 0.15) is 49.4 Å². The summed E-state index contributed by atoms with van der Waals surface area (Å²) < 4.78 is 16.9. The number of rotatable bonds is 5. The summed E-state index contributed by atoms with van der Waals surface area (Å²) >= 11 is 0. The number of esters is 1. The third-order valence-corrected chi connectivity index (χ3v) is 6.46. The minimum atomic E-state index is -1.02. The first-order chi connectivity index (χ1) is 17.6. The summed E-state index contributed by atoms with van der Waals surface area (Å²) in [7, 11) is 0. The molecule has 2 heterocycles. The Balaban J connectivity index is 1.50. The Labute approximate surface area is 214 Å². The molecular formula is C29H30N2O6. The fourth-order valence-electron chi connectivity index (χ4n) is 4.93. The predicted octanol–water partition coefficient (Wildman–Crippen LogP) is 5.11. The summed E-state index contributed by atoms with van der Waals surface area (Å²) in [4.78, 5) is 41.9. The Morgan fingerprint density at radius 2 is 1.89 bits per heavy atom. The maximum absolute atomic E-state index is 13.6. The van der Waals surface area contributed by atoms with E-state index in [0.717, 1.165) is 34.0 Å². The molecule has 5 rings (SSSR count). The van der Waals surface area contributed by atoms with Crippen LogP contribution in [-0.2, 0) is 28.8 Å². The van der Waals surface area contributed by atoms with Crippen LogP contribution in [0.5, 0.6) is 5.75 Å². The van der Waals surface area contributed by atoms with Crippen LogP contribution >= 0.6 is 0 Å². The number of hydrogen-bond donors (Lipinski definition) is 2. The molecule has 0 unspecified atom stereocenters. The fraction of sp³-hybridized carbons (Fsp3) is 0.345. The lowest BCUT2D eigenvalue weighted by Gasteiger charge is -2.23. The van der Waals surface area contributed by atoms with Gasteiger partial charge >= 0.3 is 17.7 Å². The van der Waals surface area contributed by atoms with E-state index >= 15 is 0 Å². The van der Waals surface area contributed by atoms with Gasteiger partial charge in [0.1, 0.15) is 23.0 Å². The fourth-order valence-corrected chi connectivity index (χ4v) is 4.93. The van der Waals surface area contributed by atoms with Crippen molar-refractivity contribution in [3.05, 3.63) is 75.3 Å². The highest BCUT2D eigenvalue weighted by molar-refractivity contribution is 5.93. The van der Waals surface area contributed by atoms with Crippen LogP contribution in [0.25, 0.3) is 21.9 Å². The molecule has 0 fully saturated rings. The molecule has 0 spiro atoms. The summed E-state index contributed by atoms with van der Waals surface area (Å²) in [5, 5.41) is 4.28. The second-order valence-electron chi connectivity index (χ2n) is 10.5. The normalized spacial score (nSPS) is 13.9. The van der Waals surface area contributed by atoms with Gasteiger partial charge in [-0.25, -0.2) is 14.4 Å². The average molecular weight is 503 g/mol. The Kier molecular flexibility index (Phi) is 6.27. The summed E-state index contributed by atoms with van der Waals surface area (Å²) in [6.07, 6.45) is 3.49. The Bertz CT molecular complexity index is 1570. The highest BCUT2D eigenvalue weighted by Crippen LogP contribution is 2.35. The average Bonchev–Trinajstić information content (AvgIpc) is 3.45. The van der Waals surface area contributed by atoms with Crippen molar-refractivity contribution >= 4 is 33.9 Å². The lowest BCUT2D eigenvalue weighted by atomic mass is 10.0. The van der Waals surface area contributed by atoms with Crippen LogP contribution in [-0.4, -0.2) is 28.7 Å². The third kappa shape index (κ3) is 5.09. The van der Waals surface area contributed by atoms with Crippen molar-refractivity contribution in [2.75, 3.05) is 0 Å². The number of carbonyl (C=O) groups excluding carboxylic acids is 2. The summed E-state index contributed by atoms with van der Waals surface area (Å²) in [5.41, 5.74) is 3.38. The van der Waals surface area contributed by atoms with Gasteiger partial charge in [0.05, 0.1) is 5.39 Å². The molecule has 1 aliphatic carbocycles. The van der Waals surface area contributed by atoms with Crippen LogP contribution in [0.4, 0.5) is 4.79 Å². The van der Waals surface area contributed by atoms with Crippen LogP contribution in [0, 0.1) is 6.92 Å². The first kappa shape index (κ1) is 24.6. The van der Waals surface area contributed by atoms with E-state index in [-0.39, 0.29) is 12.0 Å².